The topological polar surface area (TPSA) is 81.5 Å². The van der Waals surface area contributed by atoms with Crippen molar-refractivity contribution in [3.63, 3.8) is 0 Å². The minimum absolute atomic E-state index is 0.121. The molecule has 1 amide bonds. The third kappa shape index (κ3) is 3.42. The monoisotopic (exact) mass is 336 g/mol. The van der Waals surface area contributed by atoms with Crippen LogP contribution in [0.3, 0.4) is 0 Å². The Morgan fingerprint density at radius 1 is 1.12 bits per heavy atom. The number of benzene rings is 3. The number of nitro groups is 1. The Kier molecular flexibility index (Phi) is 4.61. The Bertz CT molecular complexity index is 948. The molecule has 0 atom stereocenters. The number of hydrogen-bond donors (Lipinski definition) is 1. The highest BCUT2D eigenvalue weighted by molar-refractivity contribution is 5.95. The second-order valence-electron chi connectivity index (χ2n) is 5.46. The number of methoxy groups -OCH3 is 1. The van der Waals surface area contributed by atoms with E-state index < -0.39 is 4.92 Å². The number of rotatable bonds is 5. The van der Waals surface area contributed by atoms with Crippen molar-refractivity contribution in [1.82, 2.24) is 5.32 Å². The van der Waals surface area contributed by atoms with E-state index in [0.29, 0.717) is 6.54 Å². The first kappa shape index (κ1) is 16.4. The lowest BCUT2D eigenvalue weighted by atomic mass is 10.0. The SMILES string of the molecule is COc1ccc(C(=O)NCc2cccc3ccccc23)cc1[N+](=O)[O-]. The third-order valence-electron chi connectivity index (χ3n) is 3.96. The summed E-state index contributed by atoms with van der Waals surface area (Å²) in [5.41, 5.74) is 0.961. The summed E-state index contributed by atoms with van der Waals surface area (Å²) in [5.74, 6) is -0.255. The molecular weight excluding hydrogens is 320 g/mol. The van der Waals surface area contributed by atoms with Gasteiger partial charge in [-0.15, -0.1) is 0 Å². The number of nitrogens with one attached hydrogen (secondary N) is 1. The smallest absolute Gasteiger partial charge is 0.311 e. The Hall–Kier alpha value is -3.41. The van der Waals surface area contributed by atoms with Crippen LogP contribution in [0.5, 0.6) is 5.75 Å². The number of nitro benzene ring substituents is 1. The summed E-state index contributed by atoms with van der Waals surface area (Å²) in [4.78, 5) is 22.9. The van der Waals surface area contributed by atoms with E-state index in [1.807, 2.05) is 42.5 Å². The maximum atomic E-state index is 12.4. The zero-order valence-corrected chi connectivity index (χ0v) is 13.6. The average molecular weight is 336 g/mol. The standard InChI is InChI=1S/C19H16N2O4/c1-25-18-10-9-14(11-17(18)21(23)24)19(22)20-12-15-7-4-6-13-5-2-3-8-16(13)15/h2-11H,12H2,1H3,(H,20,22). The molecular formula is C19H16N2O4. The van der Waals surface area contributed by atoms with E-state index in [2.05, 4.69) is 5.32 Å². The van der Waals surface area contributed by atoms with Crippen molar-refractivity contribution in [2.75, 3.05) is 7.11 Å². The summed E-state index contributed by atoms with van der Waals surface area (Å²) < 4.78 is 4.95. The second-order valence-corrected chi connectivity index (χ2v) is 5.46. The van der Waals surface area contributed by atoms with E-state index in [1.165, 1.54) is 25.3 Å². The highest BCUT2D eigenvalue weighted by Crippen LogP contribution is 2.27. The molecule has 0 saturated heterocycles. The van der Waals surface area contributed by atoms with Crippen LogP contribution in [-0.4, -0.2) is 17.9 Å². The van der Waals surface area contributed by atoms with Gasteiger partial charge >= 0.3 is 5.69 Å². The van der Waals surface area contributed by atoms with Crippen molar-refractivity contribution >= 4 is 22.4 Å². The van der Waals surface area contributed by atoms with Crippen LogP contribution in [0.4, 0.5) is 5.69 Å². The summed E-state index contributed by atoms with van der Waals surface area (Å²) in [6.45, 7) is 0.333. The van der Waals surface area contributed by atoms with Gasteiger partial charge in [-0.2, -0.15) is 0 Å². The van der Waals surface area contributed by atoms with E-state index >= 15 is 0 Å². The van der Waals surface area contributed by atoms with Crippen LogP contribution in [0.2, 0.25) is 0 Å². The predicted molar refractivity (Wildman–Crippen MR) is 94.8 cm³/mol. The van der Waals surface area contributed by atoms with Crippen LogP contribution in [0, 0.1) is 10.1 Å². The lowest BCUT2D eigenvalue weighted by molar-refractivity contribution is -0.385. The van der Waals surface area contributed by atoms with Crippen LogP contribution >= 0.6 is 0 Å². The Balaban J connectivity index is 1.81. The third-order valence-corrected chi connectivity index (χ3v) is 3.96. The van der Waals surface area contributed by atoms with E-state index in [0.717, 1.165) is 16.3 Å². The van der Waals surface area contributed by atoms with E-state index in [4.69, 9.17) is 4.74 Å². The number of fused-ring (bicyclic) bond motifs is 1. The fourth-order valence-corrected chi connectivity index (χ4v) is 2.70. The van der Waals surface area contributed by atoms with Gasteiger partial charge in [-0.05, 0) is 28.5 Å². The first-order valence-corrected chi connectivity index (χ1v) is 7.67. The molecule has 3 rings (SSSR count). The van der Waals surface area contributed by atoms with Gasteiger partial charge in [0.15, 0.2) is 5.75 Å². The van der Waals surface area contributed by atoms with Gasteiger partial charge in [0.25, 0.3) is 5.91 Å². The van der Waals surface area contributed by atoms with Gasteiger partial charge < -0.3 is 10.1 Å². The molecule has 3 aromatic carbocycles. The van der Waals surface area contributed by atoms with Gasteiger partial charge in [0.05, 0.1) is 12.0 Å². The van der Waals surface area contributed by atoms with Gasteiger partial charge in [-0.3, -0.25) is 14.9 Å². The quantitative estimate of drug-likeness (QED) is 0.569. The van der Waals surface area contributed by atoms with Gasteiger partial charge in [-0.1, -0.05) is 42.5 Å². The maximum Gasteiger partial charge on any atom is 0.311 e. The van der Waals surface area contributed by atoms with Crippen molar-refractivity contribution < 1.29 is 14.5 Å². The highest BCUT2D eigenvalue weighted by atomic mass is 16.6. The van der Waals surface area contributed by atoms with Crippen LogP contribution in [0.1, 0.15) is 15.9 Å². The number of ether oxygens (including phenoxy) is 1. The lowest BCUT2D eigenvalue weighted by Gasteiger charge is -2.09. The number of carbonyl (C=O) groups excluding carboxylic acids is 1. The van der Waals surface area contributed by atoms with Crippen molar-refractivity contribution in [2.24, 2.45) is 0 Å². The zero-order valence-electron chi connectivity index (χ0n) is 13.6. The molecule has 0 aromatic heterocycles. The molecule has 3 aromatic rings. The largest absolute Gasteiger partial charge is 0.490 e. The number of carbonyl (C=O) groups is 1. The molecule has 0 heterocycles. The van der Waals surface area contributed by atoms with Crippen molar-refractivity contribution in [3.05, 3.63) is 81.9 Å². The van der Waals surface area contributed by atoms with Gasteiger partial charge in [0.1, 0.15) is 0 Å². The van der Waals surface area contributed by atoms with Crippen LogP contribution < -0.4 is 10.1 Å². The van der Waals surface area contributed by atoms with Crippen molar-refractivity contribution in [2.45, 2.75) is 6.54 Å². The molecule has 0 aliphatic carbocycles. The molecule has 0 aliphatic rings. The first-order chi connectivity index (χ1) is 12.1. The number of amides is 1. The molecule has 0 radical (unpaired) electrons. The van der Waals surface area contributed by atoms with Crippen LogP contribution in [0.15, 0.2) is 60.7 Å². The molecule has 0 spiro atoms. The number of nitrogens with zero attached hydrogens (tertiary/aromatic N) is 1. The molecule has 0 bridgehead atoms. The predicted octanol–water partition coefficient (Wildman–Crippen LogP) is 3.69. The zero-order chi connectivity index (χ0) is 17.8. The maximum absolute atomic E-state index is 12.4. The Labute approximate surface area is 144 Å². The summed E-state index contributed by atoms with van der Waals surface area (Å²) in [7, 11) is 1.35. The average Bonchev–Trinajstić information content (AvgIpc) is 2.65. The second kappa shape index (κ2) is 7.00. The number of hydrogen-bond acceptors (Lipinski definition) is 4. The minimum atomic E-state index is -0.569. The summed E-state index contributed by atoms with van der Waals surface area (Å²) >= 11 is 0. The van der Waals surface area contributed by atoms with Crippen molar-refractivity contribution in [1.29, 1.82) is 0 Å². The molecule has 0 saturated carbocycles. The normalized spacial score (nSPS) is 10.4. The molecule has 6 nitrogen and oxygen atoms in total. The molecule has 0 aliphatic heterocycles. The van der Waals surface area contributed by atoms with Gasteiger partial charge in [-0.25, -0.2) is 0 Å². The van der Waals surface area contributed by atoms with Gasteiger partial charge in [0.2, 0.25) is 0 Å². The molecule has 126 valence electrons. The van der Waals surface area contributed by atoms with E-state index in [9.17, 15) is 14.9 Å². The van der Waals surface area contributed by atoms with E-state index in [-0.39, 0.29) is 22.9 Å². The van der Waals surface area contributed by atoms with E-state index in [1.54, 1.807) is 0 Å². The van der Waals surface area contributed by atoms with Gasteiger partial charge in [0, 0.05) is 18.2 Å². The first-order valence-electron chi connectivity index (χ1n) is 7.67. The van der Waals surface area contributed by atoms with Crippen LogP contribution in [0.25, 0.3) is 10.8 Å². The Morgan fingerprint density at radius 3 is 2.64 bits per heavy atom. The molecule has 0 unspecified atom stereocenters. The molecule has 1 N–H and O–H groups in total. The molecule has 6 heteroatoms. The molecule has 25 heavy (non-hydrogen) atoms. The minimum Gasteiger partial charge on any atom is -0.490 e. The Morgan fingerprint density at radius 2 is 1.88 bits per heavy atom. The summed E-state index contributed by atoms with van der Waals surface area (Å²) in [5, 5.41) is 16.0. The van der Waals surface area contributed by atoms with Crippen molar-refractivity contribution in [3.8, 4) is 5.75 Å². The van der Waals surface area contributed by atoms with Crippen LogP contribution in [-0.2, 0) is 6.54 Å². The fraction of sp³-hybridized carbons (Fsp3) is 0.105. The fourth-order valence-electron chi connectivity index (χ4n) is 2.70. The summed E-state index contributed by atoms with van der Waals surface area (Å²) in [6, 6.07) is 17.9. The molecule has 0 fully saturated rings. The lowest BCUT2D eigenvalue weighted by Crippen LogP contribution is -2.23. The highest BCUT2D eigenvalue weighted by Gasteiger charge is 2.18. The summed E-state index contributed by atoms with van der Waals surface area (Å²) in [6.07, 6.45) is 0.